The molecule has 0 heterocycles. The third kappa shape index (κ3) is 6.39. The summed E-state index contributed by atoms with van der Waals surface area (Å²) in [6, 6.07) is 14.7. The SMILES string of the molecule is CC(C)(CCCc1ccc(F)c(Oc2ccc(F)cc2)c1)c1ccc(Cl)cc1OC(F)F. The molecule has 0 atom stereocenters. The summed E-state index contributed by atoms with van der Waals surface area (Å²) in [5.74, 6) is -0.476. The van der Waals surface area contributed by atoms with Gasteiger partial charge in [0, 0.05) is 10.6 Å². The third-order valence-corrected chi connectivity index (χ3v) is 5.43. The van der Waals surface area contributed by atoms with Crippen molar-refractivity contribution in [2.45, 2.75) is 45.1 Å². The Balaban J connectivity index is 1.67. The summed E-state index contributed by atoms with van der Waals surface area (Å²) in [7, 11) is 0. The first-order valence-electron chi connectivity index (χ1n) is 10.1. The van der Waals surface area contributed by atoms with Gasteiger partial charge in [0.05, 0.1) is 0 Å². The molecule has 0 aromatic heterocycles. The highest BCUT2D eigenvalue weighted by Gasteiger charge is 2.25. The number of ether oxygens (including phenoxy) is 2. The van der Waals surface area contributed by atoms with Gasteiger partial charge >= 0.3 is 6.61 Å². The Morgan fingerprint density at radius 3 is 2.31 bits per heavy atom. The fourth-order valence-electron chi connectivity index (χ4n) is 3.53. The second kappa shape index (κ2) is 10.3. The molecule has 0 radical (unpaired) electrons. The Hall–Kier alpha value is -2.73. The summed E-state index contributed by atoms with van der Waals surface area (Å²) >= 11 is 5.94. The van der Waals surface area contributed by atoms with E-state index < -0.39 is 23.7 Å². The Bertz CT molecular complexity index is 1050. The number of hydrogen-bond donors (Lipinski definition) is 0. The van der Waals surface area contributed by atoms with Crippen LogP contribution in [0.3, 0.4) is 0 Å². The van der Waals surface area contributed by atoms with Gasteiger partial charge in [-0.1, -0.05) is 37.6 Å². The van der Waals surface area contributed by atoms with Gasteiger partial charge in [-0.3, -0.25) is 0 Å². The molecule has 32 heavy (non-hydrogen) atoms. The van der Waals surface area contributed by atoms with Gasteiger partial charge in [-0.2, -0.15) is 8.78 Å². The number of alkyl halides is 2. The van der Waals surface area contributed by atoms with Gasteiger partial charge in [0.25, 0.3) is 0 Å². The van der Waals surface area contributed by atoms with E-state index in [2.05, 4.69) is 4.74 Å². The second-order valence-corrected chi connectivity index (χ2v) is 8.51. The van der Waals surface area contributed by atoms with E-state index in [1.165, 1.54) is 36.4 Å². The van der Waals surface area contributed by atoms with Crippen molar-refractivity contribution in [1.82, 2.24) is 0 Å². The molecule has 7 heteroatoms. The third-order valence-electron chi connectivity index (χ3n) is 5.19. The van der Waals surface area contributed by atoms with Gasteiger partial charge in [-0.25, -0.2) is 8.78 Å². The molecule has 170 valence electrons. The van der Waals surface area contributed by atoms with Gasteiger partial charge < -0.3 is 9.47 Å². The van der Waals surface area contributed by atoms with E-state index in [1.54, 1.807) is 24.3 Å². The lowest BCUT2D eigenvalue weighted by atomic mass is 9.79. The zero-order valence-corrected chi connectivity index (χ0v) is 18.4. The molecule has 3 aromatic carbocycles. The highest BCUT2D eigenvalue weighted by molar-refractivity contribution is 6.30. The zero-order chi connectivity index (χ0) is 23.3. The number of hydrogen-bond acceptors (Lipinski definition) is 2. The fourth-order valence-corrected chi connectivity index (χ4v) is 3.69. The minimum atomic E-state index is -2.94. The lowest BCUT2D eigenvalue weighted by Gasteiger charge is -2.27. The largest absolute Gasteiger partial charge is 0.454 e. The van der Waals surface area contributed by atoms with Crippen molar-refractivity contribution in [2.75, 3.05) is 0 Å². The summed E-state index contributed by atoms with van der Waals surface area (Å²) < 4.78 is 63.1. The molecule has 3 rings (SSSR count). The van der Waals surface area contributed by atoms with E-state index in [0.29, 0.717) is 35.6 Å². The molecule has 0 aliphatic rings. The predicted octanol–water partition coefficient (Wildman–Crippen LogP) is 8.31. The van der Waals surface area contributed by atoms with Crippen LogP contribution in [0, 0.1) is 11.6 Å². The molecule has 0 bridgehead atoms. The molecule has 2 nitrogen and oxygen atoms in total. The molecule has 0 aliphatic heterocycles. The van der Waals surface area contributed by atoms with Crippen molar-refractivity contribution in [3.63, 3.8) is 0 Å². The van der Waals surface area contributed by atoms with Crippen LogP contribution in [-0.2, 0) is 11.8 Å². The summed E-state index contributed by atoms with van der Waals surface area (Å²) in [5, 5.41) is 0.320. The van der Waals surface area contributed by atoms with Crippen LogP contribution in [0.25, 0.3) is 0 Å². The summed E-state index contributed by atoms with van der Waals surface area (Å²) in [6.07, 6.45) is 2.01. The van der Waals surface area contributed by atoms with Crippen LogP contribution >= 0.6 is 11.6 Å². The average Bonchev–Trinajstić information content (AvgIpc) is 2.71. The van der Waals surface area contributed by atoms with Gasteiger partial charge in [0.15, 0.2) is 11.6 Å². The molecule has 0 fully saturated rings. The van der Waals surface area contributed by atoms with Crippen LogP contribution in [0.4, 0.5) is 17.6 Å². The maximum absolute atomic E-state index is 14.2. The van der Waals surface area contributed by atoms with E-state index in [0.717, 1.165) is 5.56 Å². The number of halogens is 5. The predicted molar refractivity (Wildman–Crippen MR) is 117 cm³/mol. The summed E-state index contributed by atoms with van der Waals surface area (Å²) in [6.45, 7) is 0.951. The topological polar surface area (TPSA) is 18.5 Å². The zero-order valence-electron chi connectivity index (χ0n) is 17.7. The summed E-state index contributed by atoms with van der Waals surface area (Å²) in [4.78, 5) is 0. The van der Waals surface area contributed by atoms with E-state index in [-0.39, 0.29) is 11.5 Å². The number of aryl methyl sites for hydroxylation is 1. The minimum absolute atomic E-state index is 0.0543. The van der Waals surface area contributed by atoms with E-state index >= 15 is 0 Å². The van der Waals surface area contributed by atoms with Crippen LogP contribution in [0.1, 0.15) is 37.8 Å². The van der Waals surface area contributed by atoms with Gasteiger partial charge in [-0.15, -0.1) is 0 Å². The first kappa shape index (κ1) is 23.9. The summed E-state index contributed by atoms with van der Waals surface area (Å²) in [5.41, 5.74) is 1.04. The van der Waals surface area contributed by atoms with Gasteiger partial charge in [0.2, 0.25) is 0 Å². The van der Waals surface area contributed by atoms with Crippen molar-refractivity contribution in [2.24, 2.45) is 0 Å². The van der Waals surface area contributed by atoms with E-state index in [1.807, 2.05) is 13.8 Å². The Morgan fingerprint density at radius 2 is 1.62 bits per heavy atom. The van der Waals surface area contributed by atoms with Crippen molar-refractivity contribution in [1.29, 1.82) is 0 Å². The normalized spacial score (nSPS) is 11.6. The molecule has 0 amide bonds. The first-order valence-corrected chi connectivity index (χ1v) is 10.5. The molecule has 0 saturated heterocycles. The molecule has 0 spiro atoms. The Kier molecular flexibility index (Phi) is 7.67. The van der Waals surface area contributed by atoms with Crippen LogP contribution in [0.5, 0.6) is 17.2 Å². The molecular weight excluding hydrogens is 444 g/mol. The van der Waals surface area contributed by atoms with Crippen LogP contribution in [-0.4, -0.2) is 6.61 Å². The second-order valence-electron chi connectivity index (χ2n) is 8.08. The van der Waals surface area contributed by atoms with Crippen LogP contribution in [0.2, 0.25) is 5.02 Å². The van der Waals surface area contributed by atoms with Crippen molar-refractivity contribution < 1.29 is 27.0 Å². The highest BCUT2D eigenvalue weighted by Crippen LogP contribution is 2.38. The standard InChI is InChI=1S/C25H23ClF4O2/c1-25(2,20-11-6-17(26)15-22(20)32-24(29)30)13-3-4-16-5-12-21(28)23(14-16)31-19-9-7-18(27)8-10-19/h5-12,14-15,24H,3-4,13H2,1-2H3. The lowest BCUT2D eigenvalue weighted by molar-refractivity contribution is -0.0509. The van der Waals surface area contributed by atoms with Crippen molar-refractivity contribution in [3.05, 3.63) is 88.4 Å². The minimum Gasteiger partial charge on any atom is -0.454 e. The van der Waals surface area contributed by atoms with Crippen LogP contribution in [0.15, 0.2) is 60.7 Å². The monoisotopic (exact) mass is 466 g/mol. The number of rotatable bonds is 9. The molecular formula is C25H23ClF4O2. The van der Waals surface area contributed by atoms with E-state index in [9.17, 15) is 17.6 Å². The fraction of sp³-hybridized carbons (Fsp3) is 0.280. The van der Waals surface area contributed by atoms with Gasteiger partial charge in [-0.05, 0) is 78.8 Å². The molecule has 0 N–H and O–H groups in total. The first-order chi connectivity index (χ1) is 15.1. The molecule has 0 unspecified atom stereocenters. The van der Waals surface area contributed by atoms with E-state index in [4.69, 9.17) is 16.3 Å². The average molecular weight is 467 g/mol. The van der Waals surface area contributed by atoms with Crippen LogP contribution < -0.4 is 9.47 Å². The Morgan fingerprint density at radius 1 is 0.906 bits per heavy atom. The van der Waals surface area contributed by atoms with Crippen molar-refractivity contribution in [3.8, 4) is 17.2 Å². The molecule has 0 aliphatic carbocycles. The maximum Gasteiger partial charge on any atom is 0.387 e. The maximum atomic E-state index is 14.2. The highest BCUT2D eigenvalue weighted by atomic mass is 35.5. The molecule has 0 saturated carbocycles. The van der Waals surface area contributed by atoms with Crippen molar-refractivity contribution >= 4 is 11.6 Å². The lowest BCUT2D eigenvalue weighted by Crippen LogP contribution is -2.19. The quantitative estimate of drug-likeness (QED) is 0.295. The molecule has 3 aromatic rings. The smallest absolute Gasteiger partial charge is 0.387 e. The number of benzene rings is 3. The van der Waals surface area contributed by atoms with Gasteiger partial charge in [0.1, 0.15) is 17.3 Å². The Labute approximate surface area is 189 Å².